The molecule has 9 heteroatoms. The molecule has 0 aliphatic carbocycles. The monoisotopic (exact) mass is 436 g/mol. The van der Waals surface area contributed by atoms with Crippen molar-refractivity contribution in [2.45, 2.75) is 25.1 Å². The van der Waals surface area contributed by atoms with Gasteiger partial charge in [0.25, 0.3) is 0 Å². The van der Waals surface area contributed by atoms with E-state index in [0.29, 0.717) is 54.7 Å². The Bertz CT molecular complexity index is 976. The summed E-state index contributed by atoms with van der Waals surface area (Å²) < 4.78 is 59.2. The van der Waals surface area contributed by atoms with Crippen molar-refractivity contribution < 1.29 is 22.3 Å². The molecule has 0 spiro atoms. The van der Waals surface area contributed by atoms with Crippen molar-refractivity contribution in [2.75, 3.05) is 38.7 Å². The van der Waals surface area contributed by atoms with E-state index >= 15 is 0 Å². The average Bonchev–Trinajstić information content (AvgIpc) is 2.89. The third-order valence-electron chi connectivity index (χ3n) is 5.50. The zero-order chi connectivity index (χ0) is 22.0. The van der Waals surface area contributed by atoms with Gasteiger partial charge in [-0.1, -0.05) is 0 Å². The minimum atomic E-state index is -4.47. The van der Waals surface area contributed by atoms with E-state index < -0.39 is 17.6 Å². The molecule has 2 aliphatic rings. The third kappa shape index (κ3) is 4.83. The largest absolute Gasteiger partial charge is 0.416 e. The molecule has 2 aliphatic heterocycles. The van der Waals surface area contributed by atoms with Gasteiger partial charge in [-0.15, -0.1) is 0 Å². The van der Waals surface area contributed by atoms with Crippen LogP contribution in [0, 0.1) is 5.82 Å². The summed E-state index contributed by atoms with van der Waals surface area (Å²) in [5, 5.41) is 6.52. The van der Waals surface area contributed by atoms with Crippen LogP contribution >= 0.6 is 0 Å². The smallest absolute Gasteiger partial charge is 0.385 e. The topological polar surface area (TPSA) is 48.9 Å². The van der Waals surface area contributed by atoms with Gasteiger partial charge in [0, 0.05) is 50.6 Å². The van der Waals surface area contributed by atoms with Crippen molar-refractivity contribution in [3.63, 3.8) is 0 Å². The first-order chi connectivity index (χ1) is 14.8. The Morgan fingerprint density at radius 1 is 1.16 bits per heavy atom. The Balaban J connectivity index is 1.74. The molecular formula is C22H24F4N4O. The Morgan fingerprint density at radius 3 is 2.77 bits per heavy atom. The van der Waals surface area contributed by atoms with E-state index in [0.717, 1.165) is 25.0 Å². The number of methoxy groups -OCH3 is 1. The lowest BCUT2D eigenvalue weighted by molar-refractivity contribution is -0.137. The summed E-state index contributed by atoms with van der Waals surface area (Å²) in [6.45, 7) is 2.55. The summed E-state index contributed by atoms with van der Waals surface area (Å²) in [5.74, 6) is 0.0101. The minimum Gasteiger partial charge on any atom is -0.385 e. The van der Waals surface area contributed by atoms with Gasteiger partial charge in [0.15, 0.2) is 0 Å². The molecule has 0 unspecified atom stereocenters. The number of rotatable bonds is 4. The van der Waals surface area contributed by atoms with Crippen LogP contribution in [0.1, 0.15) is 24.0 Å². The second-order valence-electron chi connectivity index (χ2n) is 7.71. The number of halogens is 4. The number of amidine groups is 1. The van der Waals surface area contributed by atoms with Crippen LogP contribution in [0.4, 0.5) is 34.6 Å². The maximum absolute atomic E-state index is 13.8. The fourth-order valence-electron chi connectivity index (χ4n) is 3.97. The molecule has 0 radical (unpaired) electrons. The molecule has 0 aromatic heterocycles. The van der Waals surface area contributed by atoms with Crippen LogP contribution in [0.5, 0.6) is 0 Å². The van der Waals surface area contributed by atoms with Gasteiger partial charge >= 0.3 is 6.18 Å². The molecule has 4 rings (SSSR count). The highest BCUT2D eigenvalue weighted by Gasteiger charge is 2.33. The zero-order valence-corrected chi connectivity index (χ0v) is 17.1. The van der Waals surface area contributed by atoms with E-state index in [1.54, 1.807) is 7.11 Å². The van der Waals surface area contributed by atoms with E-state index in [-0.39, 0.29) is 6.04 Å². The Labute approximate surface area is 178 Å². The second-order valence-corrected chi connectivity index (χ2v) is 7.71. The second kappa shape index (κ2) is 8.84. The highest BCUT2D eigenvalue weighted by molar-refractivity contribution is 6.08. The quantitative estimate of drug-likeness (QED) is 0.540. The number of fused-ring (bicyclic) bond motifs is 2. The van der Waals surface area contributed by atoms with Gasteiger partial charge in [0.05, 0.1) is 16.9 Å². The van der Waals surface area contributed by atoms with Gasteiger partial charge in [-0.05, 0) is 49.2 Å². The van der Waals surface area contributed by atoms with Crippen LogP contribution in [0.2, 0.25) is 0 Å². The maximum Gasteiger partial charge on any atom is 0.416 e. The van der Waals surface area contributed by atoms with Gasteiger partial charge in [0.1, 0.15) is 11.7 Å². The summed E-state index contributed by atoms with van der Waals surface area (Å²) in [6, 6.07) is 7.83. The van der Waals surface area contributed by atoms with Gasteiger partial charge < -0.3 is 20.3 Å². The number of hydrogen-bond acceptors (Lipinski definition) is 5. The van der Waals surface area contributed by atoms with E-state index in [4.69, 9.17) is 9.73 Å². The Hall–Kier alpha value is -2.65. The van der Waals surface area contributed by atoms with Crippen molar-refractivity contribution >= 4 is 22.9 Å². The van der Waals surface area contributed by atoms with Crippen LogP contribution in [0.25, 0.3) is 0 Å². The summed E-state index contributed by atoms with van der Waals surface area (Å²) in [6.07, 6.45) is -2.71. The molecule has 2 aromatic carbocycles. The molecule has 2 aromatic rings. The number of alkyl halides is 3. The van der Waals surface area contributed by atoms with E-state index in [1.165, 1.54) is 24.3 Å². The van der Waals surface area contributed by atoms with E-state index in [9.17, 15) is 17.6 Å². The van der Waals surface area contributed by atoms with Crippen molar-refractivity contribution in [2.24, 2.45) is 4.99 Å². The van der Waals surface area contributed by atoms with Crippen LogP contribution in [0.3, 0.4) is 0 Å². The SMILES string of the molecule is COCCC[C@H]1CN(C2=Nc3ccc(F)cc3Nc3ccc(C(F)(F)F)cc32)CCN1. The molecule has 2 heterocycles. The molecule has 2 N–H and O–H groups in total. The summed E-state index contributed by atoms with van der Waals surface area (Å²) in [5.41, 5.74) is 0.970. The van der Waals surface area contributed by atoms with Crippen molar-refractivity contribution in [1.82, 2.24) is 10.2 Å². The Kier molecular flexibility index (Phi) is 6.15. The van der Waals surface area contributed by atoms with Gasteiger partial charge in [-0.2, -0.15) is 13.2 Å². The van der Waals surface area contributed by atoms with E-state index in [2.05, 4.69) is 10.6 Å². The first-order valence-electron chi connectivity index (χ1n) is 10.2. The lowest BCUT2D eigenvalue weighted by Gasteiger charge is -2.36. The number of nitrogens with zero attached hydrogens (tertiary/aromatic N) is 2. The maximum atomic E-state index is 13.8. The van der Waals surface area contributed by atoms with Gasteiger partial charge in [-0.3, -0.25) is 0 Å². The average molecular weight is 436 g/mol. The lowest BCUT2D eigenvalue weighted by atomic mass is 10.0. The van der Waals surface area contributed by atoms with Crippen LogP contribution in [-0.4, -0.2) is 50.1 Å². The first kappa shape index (κ1) is 21.6. The van der Waals surface area contributed by atoms with Crippen molar-refractivity contribution in [1.29, 1.82) is 0 Å². The highest BCUT2D eigenvalue weighted by Crippen LogP contribution is 2.38. The molecule has 1 saturated heterocycles. The van der Waals surface area contributed by atoms with Crippen LogP contribution < -0.4 is 10.6 Å². The van der Waals surface area contributed by atoms with Crippen molar-refractivity contribution in [3.8, 4) is 0 Å². The predicted octanol–water partition coefficient (Wildman–Crippen LogP) is 4.68. The van der Waals surface area contributed by atoms with Crippen molar-refractivity contribution in [3.05, 3.63) is 53.3 Å². The number of anilines is 2. The molecule has 166 valence electrons. The number of hydrogen-bond donors (Lipinski definition) is 2. The predicted molar refractivity (Wildman–Crippen MR) is 112 cm³/mol. The number of ether oxygens (including phenoxy) is 1. The van der Waals surface area contributed by atoms with Crippen LogP contribution in [-0.2, 0) is 10.9 Å². The summed E-state index contributed by atoms with van der Waals surface area (Å²) in [4.78, 5) is 6.70. The third-order valence-corrected chi connectivity index (χ3v) is 5.50. The molecular weight excluding hydrogens is 412 g/mol. The molecule has 1 atom stereocenters. The molecule has 0 bridgehead atoms. The van der Waals surface area contributed by atoms with Gasteiger partial charge in [-0.25, -0.2) is 9.38 Å². The zero-order valence-electron chi connectivity index (χ0n) is 17.1. The summed E-state index contributed by atoms with van der Waals surface area (Å²) in [7, 11) is 1.66. The van der Waals surface area contributed by atoms with Crippen LogP contribution in [0.15, 0.2) is 41.4 Å². The molecule has 31 heavy (non-hydrogen) atoms. The number of benzene rings is 2. The van der Waals surface area contributed by atoms with E-state index in [1.807, 2.05) is 4.90 Å². The number of piperazine rings is 1. The molecule has 0 amide bonds. The molecule has 0 saturated carbocycles. The first-order valence-corrected chi connectivity index (χ1v) is 10.2. The number of aliphatic imine (C=N–C) groups is 1. The minimum absolute atomic E-state index is 0.171. The highest BCUT2D eigenvalue weighted by atomic mass is 19.4. The summed E-state index contributed by atoms with van der Waals surface area (Å²) >= 11 is 0. The Morgan fingerprint density at radius 2 is 2.00 bits per heavy atom. The standard InChI is InChI=1S/C22H24F4N4O/c1-31-10-2-3-16-13-30(9-8-27-16)21-17-11-14(22(24,25)26)4-6-18(17)28-20-12-15(23)5-7-19(20)29-21/h4-7,11-12,16,27-28H,2-3,8-10,13H2,1H3/t16-/m0/s1. The number of nitrogens with one attached hydrogen (secondary N) is 2. The molecule has 1 fully saturated rings. The molecule has 5 nitrogen and oxygen atoms in total. The fraction of sp³-hybridized carbons (Fsp3) is 0.409. The lowest BCUT2D eigenvalue weighted by Crippen LogP contribution is -2.52. The normalized spacial score (nSPS) is 18.5. The van der Waals surface area contributed by atoms with Gasteiger partial charge in [0.2, 0.25) is 0 Å². The fourth-order valence-corrected chi connectivity index (χ4v) is 3.97.